The summed E-state index contributed by atoms with van der Waals surface area (Å²) < 4.78 is 25.6. The van der Waals surface area contributed by atoms with E-state index >= 15 is 0 Å². The molecule has 7 nitrogen and oxygen atoms in total. The minimum Gasteiger partial charge on any atom is -0.529 e. The Morgan fingerprint density at radius 2 is 2.11 bits per heavy atom. The van der Waals surface area contributed by atoms with Crippen LogP contribution >= 0.6 is 0 Å². The summed E-state index contributed by atoms with van der Waals surface area (Å²) in [6.07, 6.45) is -3.90. The molecule has 0 bridgehead atoms. The van der Waals surface area contributed by atoms with E-state index < -0.39 is 28.7 Å². The number of nitrogens with zero attached hydrogens (tertiary/aromatic N) is 3. The average Bonchev–Trinajstić information content (AvgIpc) is 2.70. The number of non-ortho nitro benzene ring substituents is 1. The van der Waals surface area contributed by atoms with E-state index in [0.29, 0.717) is 10.6 Å². The first kappa shape index (κ1) is 11.9. The van der Waals surface area contributed by atoms with Crippen LogP contribution in [-0.4, -0.2) is 20.6 Å². The lowest BCUT2D eigenvalue weighted by atomic mass is 10.1. The van der Waals surface area contributed by atoms with Gasteiger partial charge in [-0.1, -0.05) is 0 Å². The van der Waals surface area contributed by atoms with Crippen LogP contribution in [0.4, 0.5) is 19.3 Å². The summed E-state index contributed by atoms with van der Waals surface area (Å²) in [7, 11) is 0. The van der Waals surface area contributed by atoms with Crippen molar-refractivity contribution >= 4 is 22.8 Å². The van der Waals surface area contributed by atoms with Gasteiger partial charge in [-0.3, -0.25) is 14.7 Å². The number of carboxylic acid groups (broad SMARTS) is 1. The molecule has 0 unspecified atom stereocenters. The van der Waals surface area contributed by atoms with E-state index in [1.807, 2.05) is 0 Å². The highest BCUT2D eigenvalue weighted by Gasteiger charge is 2.21. The number of nitro groups is 1. The first-order valence-corrected chi connectivity index (χ1v) is 4.56. The van der Waals surface area contributed by atoms with Gasteiger partial charge in [0.05, 0.1) is 10.4 Å². The molecule has 0 atom stereocenters. The van der Waals surface area contributed by atoms with Gasteiger partial charge in [0.15, 0.2) is 5.52 Å². The highest BCUT2D eigenvalue weighted by atomic mass is 19.3. The van der Waals surface area contributed by atoms with Crippen LogP contribution in [0.5, 0.6) is 0 Å². The second-order valence-corrected chi connectivity index (χ2v) is 3.35. The van der Waals surface area contributed by atoms with Gasteiger partial charge >= 0.3 is 0 Å². The Labute approximate surface area is 97.4 Å². The SMILES string of the molecule is O=C([O-])n1cnc2c([N+](=O)[O-])cc(C(F)F)cc21. The highest BCUT2D eigenvalue weighted by Crippen LogP contribution is 2.30. The fourth-order valence-electron chi connectivity index (χ4n) is 1.53. The molecule has 0 saturated carbocycles. The van der Waals surface area contributed by atoms with Gasteiger partial charge < -0.3 is 9.90 Å². The molecule has 0 aliphatic heterocycles. The number of benzene rings is 1. The summed E-state index contributed by atoms with van der Waals surface area (Å²) in [6.45, 7) is 0. The molecular weight excluding hydrogens is 252 g/mol. The number of imidazole rings is 1. The predicted molar refractivity (Wildman–Crippen MR) is 52.1 cm³/mol. The van der Waals surface area contributed by atoms with Crippen LogP contribution in [-0.2, 0) is 0 Å². The first-order valence-electron chi connectivity index (χ1n) is 4.56. The molecule has 1 aromatic heterocycles. The number of hydrogen-bond donors (Lipinski definition) is 0. The van der Waals surface area contributed by atoms with Gasteiger partial charge in [-0.05, 0) is 6.07 Å². The zero-order valence-electron chi connectivity index (χ0n) is 8.54. The average molecular weight is 256 g/mol. The van der Waals surface area contributed by atoms with Crippen LogP contribution in [0.25, 0.3) is 11.0 Å². The quantitative estimate of drug-likeness (QED) is 0.590. The maximum absolute atomic E-state index is 12.6. The molecule has 0 amide bonds. The number of hydrogen-bond acceptors (Lipinski definition) is 5. The van der Waals surface area contributed by atoms with E-state index in [9.17, 15) is 28.8 Å². The molecular formula is C9H4F2N3O4-. The maximum atomic E-state index is 12.6. The lowest BCUT2D eigenvalue weighted by Crippen LogP contribution is -2.27. The number of nitro benzene ring substituents is 1. The van der Waals surface area contributed by atoms with E-state index in [4.69, 9.17) is 0 Å². The minimum absolute atomic E-state index is 0.284. The second kappa shape index (κ2) is 4.02. The minimum atomic E-state index is -2.96. The molecule has 0 radical (unpaired) electrons. The van der Waals surface area contributed by atoms with Crippen LogP contribution in [0, 0.1) is 10.1 Å². The Morgan fingerprint density at radius 3 is 2.61 bits per heavy atom. The third-order valence-electron chi connectivity index (χ3n) is 2.30. The molecule has 1 aromatic carbocycles. The zero-order chi connectivity index (χ0) is 13.4. The zero-order valence-corrected chi connectivity index (χ0v) is 8.54. The largest absolute Gasteiger partial charge is 0.529 e. The van der Waals surface area contributed by atoms with Crippen LogP contribution in [0.1, 0.15) is 12.0 Å². The van der Waals surface area contributed by atoms with Gasteiger partial charge in [0.2, 0.25) is 0 Å². The number of carbonyl (C=O) groups excluding carboxylic acids is 1. The molecule has 0 fully saturated rings. The van der Waals surface area contributed by atoms with Crippen molar-refractivity contribution in [3.8, 4) is 0 Å². The van der Waals surface area contributed by atoms with Crippen LogP contribution in [0.2, 0.25) is 0 Å². The van der Waals surface area contributed by atoms with Crippen LogP contribution < -0.4 is 5.11 Å². The van der Waals surface area contributed by atoms with Crippen LogP contribution in [0.15, 0.2) is 18.5 Å². The third-order valence-corrected chi connectivity index (χ3v) is 2.30. The van der Waals surface area contributed by atoms with Gasteiger partial charge in [-0.15, -0.1) is 0 Å². The van der Waals surface area contributed by atoms with E-state index in [2.05, 4.69) is 4.98 Å². The predicted octanol–water partition coefficient (Wildman–Crippen LogP) is 1.07. The molecule has 94 valence electrons. The van der Waals surface area contributed by atoms with Crippen molar-refractivity contribution in [2.24, 2.45) is 0 Å². The Bertz CT molecular complexity index is 653. The lowest BCUT2D eigenvalue weighted by Gasteiger charge is -2.05. The van der Waals surface area contributed by atoms with Gasteiger partial charge in [-0.25, -0.2) is 13.8 Å². The summed E-state index contributed by atoms with van der Waals surface area (Å²) in [5, 5.41) is 21.4. The molecule has 0 spiro atoms. The third kappa shape index (κ3) is 1.75. The molecule has 1 heterocycles. The molecule has 18 heavy (non-hydrogen) atoms. The van der Waals surface area contributed by atoms with E-state index in [1.54, 1.807) is 0 Å². The topological polar surface area (TPSA) is 101 Å². The highest BCUT2D eigenvalue weighted by molar-refractivity contribution is 5.91. The monoisotopic (exact) mass is 256 g/mol. The molecule has 0 aliphatic rings. The van der Waals surface area contributed by atoms with Gasteiger partial charge in [0, 0.05) is 11.6 Å². The Balaban J connectivity index is 2.83. The fourth-order valence-corrected chi connectivity index (χ4v) is 1.53. The maximum Gasteiger partial charge on any atom is 0.297 e. The van der Waals surface area contributed by atoms with Crippen molar-refractivity contribution < 1.29 is 23.6 Å². The second-order valence-electron chi connectivity index (χ2n) is 3.35. The molecule has 2 aromatic rings. The summed E-state index contributed by atoms with van der Waals surface area (Å²) in [5.74, 6) is 0. The Kier molecular flexibility index (Phi) is 2.66. The number of carbonyl (C=O) groups is 1. The first-order chi connectivity index (χ1) is 8.41. The molecule has 2 rings (SSSR count). The fraction of sp³-hybridized carbons (Fsp3) is 0.111. The number of alkyl halides is 2. The van der Waals surface area contributed by atoms with Crippen molar-refractivity contribution in [2.45, 2.75) is 6.43 Å². The number of rotatable bonds is 2. The summed E-state index contributed by atoms with van der Waals surface area (Å²) in [4.78, 5) is 24.0. The van der Waals surface area contributed by atoms with Crippen molar-refractivity contribution in [3.63, 3.8) is 0 Å². The van der Waals surface area contributed by atoms with Crippen molar-refractivity contribution in [2.75, 3.05) is 0 Å². The van der Waals surface area contributed by atoms with Crippen molar-refractivity contribution in [1.29, 1.82) is 0 Å². The standard InChI is InChI=1S/C9H5F2N3O4/c10-8(11)4-1-5-7(6(2-4)14(17)18)12-3-13(5)9(15)16/h1-3,8H,(H,15,16)/p-1. The van der Waals surface area contributed by atoms with Crippen LogP contribution in [0.3, 0.4) is 0 Å². The number of halogens is 2. The lowest BCUT2D eigenvalue weighted by molar-refractivity contribution is -0.383. The molecule has 0 aliphatic carbocycles. The Hall–Kier alpha value is -2.58. The number of fused-ring (bicyclic) bond motifs is 1. The van der Waals surface area contributed by atoms with E-state index in [-0.39, 0.29) is 11.0 Å². The van der Waals surface area contributed by atoms with E-state index in [0.717, 1.165) is 12.4 Å². The number of aromatic nitrogens is 2. The van der Waals surface area contributed by atoms with Gasteiger partial charge in [0.25, 0.3) is 12.1 Å². The molecule has 9 heteroatoms. The summed E-state index contributed by atoms with van der Waals surface area (Å²) in [6, 6.07) is 1.50. The van der Waals surface area contributed by atoms with Crippen molar-refractivity contribution in [1.82, 2.24) is 9.55 Å². The smallest absolute Gasteiger partial charge is 0.297 e. The van der Waals surface area contributed by atoms with E-state index in [1.165, 1.54) is 0 Å². The van der Waals surface area contributed by atoms with Gasteiger partial charge in [0.1, 0.15) is 12.4 Å². The molecule has 0 N–H and O–H groups in total. The summed E-state index contributed by atoms with van der Waals surface area (Å²) >= 11 is 0. The van der Waals surface area contributed by atoms with Gasteiger partial charge in [-0.2, -0.15) is 0 Å². The van der Waals surface area contributed by atoms with Crippen molar-refractivity contribution in [3.05, 3.63) is 34.1 Å². The summed E-state index contributed by atoms with van der Waals surface area (Å²) in [5.41, 5.74) is -1.92. The molecule has 0 saturated heterocycles. The normalized spacial score (nSPS) is 11.1. The Morgan fingerprint density at radius 1 is 1.44 bits per heavy atom.